The monoisotopic (exact) mass is 381 g/mol. The molecule has 0 saturated heterocycles. The molecular formula is C21H23N3O4. The lowest BCUT2D eigenvalue weighted by molar-refractivity contribution is -0.116. The predicted octanol–water partition coefficient (Wildman–Crippen LogP) is 2.74. The van der Waals surface area contributed by atoms with Crippen LogP contribution in [0.2, 0.25) is 0 Å². The van der Waals surface area contributed by atoms with Gasteiger partial charge in [-0.15, -0.1) is 0 Å². The third-order valence-corrected chi connectivity index (χ3v) is 4.74. The second kappa shape index (κ2) is 8.12. The van der Waals surface area contributed by atoms with Crippen LogP contribution in [0.3, 0.4) is 0 Å². The van der Waals surface area contributed by atoms with Crippen LogP contribution in [0, 0.1) is 6.92 Å². The Bertz CT molecular complexity index is 939. The van der Waals surface area contributed by atoms with Crippen molar-refractivity contribution in [2.24, 2.45) is 0 Å². The average Bonchev–Trinajstić information content (AvgIpc) is 3.09. The van der Waals surface area contributed by atoms with Crippen LogP contribution in [0.25, 0.3) is 0 Å². The summed E-state index contributed by atoms with van der Waals surface area (Å²) in [6.45, 7) is 4.02. The number of amides is 2. The van der Waals surface area contributed by atoms with Gasteiger partial charge < -0.3 is 20.3 Å². The highest BCUT2D eigenvalue weighted by molar-refractivity contribution is 5.99. The van der Waals surface area contributed by atoms with E-state index >= 15 is 0 Å². The van der Waals surface area contributed by atoms with E-state index in [1.165, 1.54) is 7.11 Å². The Balaban J connectivity index is 1.66. The maximum Gasteiger partial charge on any atom is 0.340 e. The first-order valence-corrected chi connectivity index (χ1v) is 9.03. The lowest BCUT2D eigenvalue weighted by Gasteiger charge is -2.15. The Morgan fingerprint density at radius 1 is 1.18 bits per heavy atom. The van der Waals surface area contributed by atoms with E-state index in [4.69, 9.17) is 4.74 Å². The molecule has 0 radical (unpaired) electrons. The molecule has 1 aliphatic heterocycles. The normalized spacial score (nSPS) is 12.3. The molecule has 7 heteroatoms. The Morgan fingerprint density at radius 3 is 2.68 bits per heavy atom. The second-order valence-corrected chi connectivity index (χ2v) is 6.65. The van der Waals surface area contributed by atoms with Gasteiger partial charge >= 0.3 is 5.97 Å². The van der Waals surface area contributed by atoms with Crippen LogP contribution in [0.5, 0.6) is 0 Å². The molecule has 0 saturated carbocycles. The van der Waals surface area contributed by atoms with Gasteiger partial charge in [-0.3, -0.25) is 9.59 Å². The first-order chi connectivity index (χ1) is 13.4. The molecule has 0 unspecified atom stereocenters. The van der Waals surface area contributed by atoms with Gasteiger partial charge in [0.05, 0.1) is 19.2 Å². The molecular weight excluding hydrogens is 358 g/mol. The van der Waals surface area contributed by atoms with Crippen LogP contribution in [0.1, 0.15) is 28.4 Å². The first-order valence-electron chi connectivity index (χ1n) is 9.03. The molecule has 146 valence electrons. The molecule has 7 nitrogen and oxygen atoms in total. The topological polar surface area (TPSA) is 87.7 Å². The Hall–Kier alpha value is -3.35. The number of fused-ring (bicyclic) bond motifs is 1. The lowest BCUT2D eigenvalue weighted by Crippen LogP contribution is -2.25. The van der Waals surface area contributed by atoms with E-state index in [2.05, 4.69) is 10.6 Å². The van der Waals surface area contributed by atoms with E-state index in [0.717, 1.165) is 23.2 Å². The number of benzene rings is 2. The Morgan fingerprint density at radius 2 is 1.96 bits per heavy atom. The number of carbonyl (C=O) groups excluding carboxylic acids is 3. The van der Waals surface area contributed by atoms with E-state index in [9.17, 15) is 14.4 Å². The minimum absolute atomic E-state index is 0.00407. The largest absolute Gasteiger partial charge is 0.465 e. The molecule has 0 bridgehead atoms. The second-order valence-electron chi connectivity index (χ2n) is 6.65. The van der Waals surface area contributed by atoms with Crippen molar-refractivity contribution in [2.75, 3.05) is 35.7 Å². The number of methoxy groups -OCH3 is 1. The van der Waals surface area contributed by atoms with Gasteiger partial charge in [-0.1, -0.05) is 12.1 Å². The molecule has 3 rings (SSSR count). The number of carbonyl (C=O) groups is 3. The molecule has 2 aromatic rings. The maximum atomic E-state index is 12.3. The van der Waals surface area contributed by atoms with E-state index in [0.29, 0.717) is 23.5 Å². The lowest BCUT2D eigenvalue weighted by atomic mass is 10.1. The maximum absolute atomic E-state index is 12.3. The van der Waals surface area contributed by atoms with Crippen LogP contribution < -0.4 is 15.5 Å². The number of esters is 1. The van der Waals surface area contributed by atoms with E-state index in [1.807, 2.05) is 31.2 Å². The molecule has 0 atom stereocenters. The van der Waals surface area contributed by atoms with E-state index in [1.54, 1.807) is 24.0 Å². The van der Waals surface area contributed by atoms with Crippen LogP contribution in [0.4, 0.5) is 17.1 Å². The van der Waals surface area contributed by atoms with Gasteiger partial charge in [-0.2, -0.15) is 0 Å². The fourth-order valence-electron chi connectivity index (χ4n) is 3.38. The Labute approximate surface area is 163 Å². The molecule has 0 aromatic heterocycles. The number of ether oxygens (including phenoxy) is 1. The third-order valence-electron chi connectivity index (χ3n) is 4.74. The molecule has 28 heavy (non-hydrogen) atoms. The highest BCUT2D eigenvalue weighted by atomic mass is 16.5. The summed E-state index contributed by atoms with van der Waals surface area (Å²) in [5.74, 6) is -0.673. The fraction of sp³-hybridized carbons (Fsp3) is 0.286. The molecule has 0 fully saturated rings. The summed E-state index contributed by atoms with van der Waals surface area (Å²) >= 11 is 0. The van der Waals surface area contributed by atoms with Crippen molar-refractivity contribution in [3.05, 3.63) is 53.1 Å². The summed E-state index contributed by atoms with van der Waals surface area (Å²) in [6, 6.07) is 10.9. The van der Waals surface area contributed by atoms with Gasteiger partial charge in [0.1, 0.15) is 0 Å². The van der Waals surface area contributed by atoms with Crippen molar-refractivity contribution >= 4 is 34.8 Å². The molecule has 1 aliphatic rings. The quantitative estimate of drug-likeness (QED) is 0.778. The van der Waals surface area contributed by atoms with E-state index < -0.39 is 5.97 Å². The minimum atomic E-state index is -0.449. The summed E-state index contributed by atoms with van der Waals surface area (Å²) in [7, 11) is 1.33. The minimum Gasteiger partial charge on any atom is -0.465 e. The first kappa shape index (κ1) is 19.4. The smallest absolute Gasteiger partial charge is 0.340 e. The number of nitrogens with one attached hydrogen (secondary N) is 2. The molecule has 0 spiro atoms. The average molecular weight is 381 g/mol. The molecule has 2 amide bonds. The van der Waals surface area contributed by atoms with Gasteiger partial charge in [-0.25, -0.2) is 4.79 Å². The van der Waals surface area contributed by atoms with Gasteiger partial charge in [0.15, 0.2) is 0 Å². The van der Waals surface area contributed by atoms with Gasteiger partial charge in [0.25, 0.3) is 0 Å². The van der Waals surface area contributed by atoms with Crippen LogP contribution in [-0.4, -0.2) is 38.0 Å². The number of rotatable bonds is 5. The molecule has 0 aliphatic carbocycles. The van der Waals surface area contributed by atoms with Crippen molar-refractivity contribution in [1.29, 1.82) is 0 Å². The van der Waals surface area contributed by atoms with Crippen molar-refractivity contribution in [3.8, 4) is 0 Å². The molecule has 1 heterocycles. The number of aryl methyl sites for hydroxylation is 1. The highest BCUT2D eigenvalue weighted by Crippen LogP contribution is 2.30. The number of anilines is 3. The SMILES string of the molecule is COC(=O)c1c(C)cccc1NCC(=O)Nc1ccc2c(c1)CCN2C(C)=O. The number of hydrogen-bond donors (Lipinski definition) is 2. The molecule has 2 N–H and O–H groups in total. The summed E-state index contributed by atoms with van der Waals surface area (Å²) in [4.78, 5) is 37.7. The standard InChI is InChI=1S/C21H23N3O4/c1-13-5-4-6-17(20(13)21(27)28-3)22-12-19(26)23-16-7-8-18-15(11-16)9-10-24(18)14(2)25/h4-8,11,22H,9-10,12H2,1-3H3,(H,23,26). The van der Waals surface area contributed by atoms with E-state index in [-0.39, 0.29) is 18.4 Å². The summed E-state index contributed by atoms with van der Waals surface area (Å²) in [5, 5.41) is 5.84. The number of nitrogens with zero attached hydrogens (tertiary/aromatic N) is 1. The third kappa shape index (κ3) is 3.98. The van der Waals surface area contributed by atoms with Crippen molar-refractivity contribution in [1.82, 2.24) is 0 Å². The summed E-state index contributed by atoms with van der Waals surface area (Å²) in [5.41, 5.74) is 4.34. The fourth-order valence-corrected chi connectivity index (χ4v) is 3.38. The van der Waals surface area contributed by atoms with Gasteiger partial charge in [-0.05, 0) is 48.7 Å². The van der Waals surface area contributed by atoms with Gasteiger partial charge in [0, 0.05) is 30.5 Å². The summed E-state index contributed by atoms with van der Waals surface area (Å²) in [6.07, 6.45) is 0.767. The van der Waals surface area contributed by atoms with Crippen molar-refractivity contribution in [3.63, 3.8) is 0 Å². The Kier molecular flexibility index (Phi) is 5.63. The highest BCUT2D eigenvalue weighted by Gasteiger charge is 2.22. The van der Waals surface area contributed by atoms with Crippen LogP contribution in [-0.2, 0) is 20.7 Å². The van der Waals surface area contributed by atoms with Crippen LogP contribution >= 0.6 is 0 Å². The zero-order chi connectivity index (χ0) is 20.3. The predicted molar refractivity (Wildman–Crippen MR) is 108 cm³/mol. The van der Waals surface area contributed by atoms with Crippen molar-refractivity contribution in [2.45, 2.75) is 20.3 Å². The van der Waals surface area contributed by atoms with Crippen molar-refractivity contribution < 1.29 is 19.1 Å². The zero-order valence-electron chi connectivity index (χ0n) is 16.2. The van der Waals surface area contributed by atoms with Crippen LogP contribution in [0.15, 0.2) is 36.4 Å². The molecule has 2 aromatic carbocycles. The summed E-state index contributed by atoms with van der Waals surface area (Å²) < 4.78 is 4.82. The zero-order valence-corrected chi connectivity index (χ0v) is 16.2. The number of hydrogen-bond acceptors (Lipinski definition) is 5. The van der Waals surface area contributed by atoms with Gasteiger partial charge in [0.2, 0.25) is 11.8 Å².